The number of aromatic nitrogens is 2. The molecule has 3 rings (SSSR count). The first kappa shape index (κ1) is 15.5. The number of rotatable bonds is 3. The molecule has 0 amide bonds. The third kappa shape index (κ3) is 3.07. The Hall–Kier alpha value is -2.35. The molecule has 0 unspecified atom stereocenters. The van der Waals surface area contributed by atoms with E-state index in [9.17, 15) is 18.0 Å². The fraction of sp³-hybridized carbons (Fsp3) is 0.200. The number of nitrogens with zero attached hydrogens (tertiary/aromatic N) is 2. The molecule has 0 bridgehead atoms. The van der Waals surface area contributed by atoms with E-state index in [1.807, 2.05) is 5.38 Å². The van der Waals surface area contributed by atoms with E-state index in [-0.39, 0.29) is 5.52 Å². The molecule has 0 saturated carbocycles. The molecule has 2 aromatic heterocycles. The van der Waals surface area contributed by atoms with Crippen LogP contribution in [0.5, 0.6) is 5.75 Å². The van der Waals surface area contributed by atoms with Crippen LogP contribution in [0.3, 0.4) is 0 Å². The summed E-state index contributed by atoms with van der Waals surface area (Å²) in [6, 6.07) is 8.10. The van der Waals surface area contributed by atoms with Gasteiger partial charge in [-0.3, -0.25) is 4.57 Å². The second kappa shape index (κ2) is 5.69. The maximum atomic E-state index is 12.8. The quantitative estimate of drug-likeness (QED) is 0.730. The zero-order valence-electron chi connectivity index (χ0n) is 11.9. The van der Waals surface area contributed by atoms with Crippen molar-refractivity contribution in [2.45, 2.75) is 12.7 Å². The summed E-state index contributed by atoms with van der Waals surface area (Å²) in [6.07, 6.45) is -4.51. The van der Waals surface area contributed by atoms with Gasteiger partial charge in [0.05, 0.1) is 23.2 Å². The van der Waals surface area contributed by atoms with E-state index in [4.69, 9.17) is 4.74 Å². The van der Waals surface area contributed by atoms with Crippen molar-refractivity contribution in [1.29, 1.82) is 0 Å². The second-order valence-corrected chi connectivity index (χ2v) is 5.75. The zero-order chi connectivity index (χ0) is 16.6. The Kier molecular flexibility index (Phi) is 3.85. The topological polar surface area (TPSA) is 44.1 Å². The van der Waals surface area contributed by atoms with Gasteiger partial charge in [-0.2, -0.15) is 18.2 Å². The summed E-state index contributed by atoms with van der Waals surface area (Å²) >= 11 is 1.36. The summed E-state index contributed by atoms with van der Waals surface area (Å²) in [6.45, 7) is -1.38. The summed E-state index contributed by atoms with van der Waals surface area (Å²) in [4.78, 5) is 16.7. The number of ether oxygens (including phenoxy) is 1. The van der Waals surface area contributed by atoms with Crippen molar-refractivity contribution in [3.05, 3.63) is 46.2 Å². The van der Waals surface area contributed by atoms with Crippen LogP contribution in [0.25, 0.3) is 21.5 Å². The van der Waals surface area contributed by atoms with E-state index in [1.54, 1.807) is 18.2 Å². The van der Waals surface area contributed by atoms with Crippen LogP contribution in [0, 0.1) is 0 Å². The summed E-state index contributed by atoms with van der Waals surface area (Å²) in [7, 11) is 1.46. The lowest BCUT2D eigenvalue weighted by atomic mass is 10.1. The van der Waals surface area contributed by atoms with E-state index in [0.29, 0.717) is 26.3 Å². The van der Waals surface area contributed by atoms with Crippen molar-refractivity contribution in [3.8, 4) is 16.3 Å². The second-order valence-electron chi connectivity index (χ2n) is 4.80. The highest BCUT2D eigenvalue weighted by Gasteiger charge is 2.30. The molecule has 2 heterocycles. The Morgan fingerprint density at radius 1 is 1.30 bits per heavy atom. The molecule has 0 N–H and O–H groups in total. The standard InChI is InChI=1S/C15H11F3N2O2S/c1-22-9-4-5-11-10(7-9)13(12-3-2-6-23-12)19-14(21)20(11)8-15(16,17)18/h2-7H,8H2,1H3. The summed E-state index contributed by atoms with van der Waals surface area (Å²) in [5, 5.41) is 2.25. The maximum absolute atomic E-state index is 12.8. The van der Waals surface area contributed by atoms with Crippen molar-refractivity contribution in [1.82, 2.24) is 9.55 Å². The van der Waals surface area contributed by atoms with Crippen molar-refractivity contribution < 1.29 is 17.9 Å². The van der Waals surface area contributed by atoms with Gasteiger partial charge in [-0.15, -0.1) is 11.3 Å². The number of hydrogen-bond donors (Lipinski definition) is 0. The number of hydrogen-bond acceptors (Lipinski definition) is 4. The number of thiophene rings is 1. The van der Waals surface area contributed by atoms with Gasteiger partial charge in [0.2, 0.25) is 0 Å². The predicted molar refractivity (Wildman–Crippen MR) is 81.9 cm³/mol. The summed E-state index contributed by atoms with van der Waals surface area (Å²) in [5.41, 5.74) is -0.396. The van der Waals surface area contributed by atoms with Crippen LogP contribution in [0.1, 0.15) is 0 Å². The molecular weight excluding hydrogens is 329 g/mol. The summed E-state index contributed by atoms with van der Waals surface area (Å²) < 4.78 is 44.0. The summed E-state index contributed by atoms with van der Waals surface area (Å²) in [5.74, 6) is 0.481. The predicted octanol–water partition coefficient (Wildman–Crippen LogP) is 3.70. The van der Waals surface area contributed by atoms with Crippen LogP contribution in [-0.4, -0.2) is 22.8 Å². The van der Waals surface area contributed by atoms with Crippen LogP contribution in [0.15, 0.2) is 40.5 Å². The first-order valence-electron chi connectivity index (χ1n) is 6.58. The molecule has 120 valence electrons. The van der Waals surface area contributed by atoms with Gasteiger partial charge in [-0.1, -0.05) is 6.07 Å². The highest BCUT2D eigenvalue weighted by atomic mass is 32.1. The molecule has 0 radical (unpaired) electrons. The highest BCUT2D eigenvalue weighted by molar-refractivity contribution is 7.13. The van der Waals surface area contributed by atoms with Crippen LogP contribution in [0.2, 0.25) is 0 Å². The molecule has 0 saturated heterocycles. The molecule has 0 fully saturated rings. The Balaban J connectivity index is 2.34. The lowest BCUT2D eigenvalue weighted by Gasteiger charge is -2.14. The van der Waals surface area contributed by atoms with E-state index in [1.165, 1.54) is 30.6 Å². The van der Waals surface area contributed by atoms with Gasteiger partial charge in [0.1, 0.15) is 12.3 Å². The van der Waals surface area contributed by atoms with Gasteiger partial charge in [0.25, 0.3) is 0 Å². The minimum absolute atomic E-state index is 0.173. The number of alkyl halides is 3. The van der Waals surface area contributed by atoms with E-state index in [2.05, 4.69) is 4.98 Å². The van der Waals surface area contributed by atoms with Crippen LogP contribution < -0.4 is 10.4 Å². The average molecular weight is 340 g/mol. The van der Waals surface area contributed by atoms with Gasteiger partial charge in [-0.25, -0.2) is 4.79 Å². The molecular formula is C15H11F3N2O2S. The SMILES string of the molecule is COc1ccc2c(c1)c(-c1cccs1)nc(=O)n2CC(F)(F)F. The van der Waals surface area contributed by atoms with Crippen LogP contribution >= 0.6 is 11.3 Å². The molecule has 4 nitrogen and oxygen atoms in total. The Labute approximate surface area is 132 Å². The largest absolute Gasteiger partial charge is 0.497 e. The smallest absolute Gasteiger partial charge is 0.406 e. The fourth-order valence-electron chi connectivity index (χ4n) is 2.32. The monoisotopic (exact) mass is 340 g/mol. The molecule has 0 spiro atoms. The molecule has 1 aromatic carbocycles. The van der Waals surface area contributed by atoms with Gasteiger partial charge < -0.3 is 4.74 Å². The fourth-order valence-corrected chi connectivity index (χ4v) is 3.05. The number of methoxy groups -OCH3 is 1. The van der Waals surface area contributed by atoms with Gasteiger partial charge in [0.15, 0.2) is 0 Å². The van der Waals surface area contributed by atoms with E-state index < -0.39 is 18.4 Å². The number of benzene rings is 1. The molecule has 3 aromatic rings. The van der Waals surface area contributed by atoms with Crippen LogP contribution in [0.4, 0.5) is 13.2 Å². The first-order valence-corrected chi connectivity index (χ1v) is 7.46. The minimum atomic E-state index is -4.51. The number of halogens is 3. The molecule has 8 heteroatoms. The van der Waals surface area contributed by atoms with Crippen molar-refractivity contribution in [3.63, 3.8) is 0 Å². The maximum Gasteiger partial charge on any atom is 0.406 e. The highest BCUT2D eigenvalue weighted by Crippen LogP contribution is 2.32. The molecule has 23 heavy (non-hydrogen) atoms. The van der Waals surface area contributed by atoms with Crippen LogP contribution in [-0.2, 0) is 6.54 Å². The Bertz CT molecular complexity index is 901. The number of fused-ring (bicyclic) bond motifs is 1. The van der Waals surface area contributed by atoms with E-state index in [0.717, 1.165) is 0 Å². The van der Waals surface area contributed by atoms with Gasteiger partial charge in [0, 0.05) is 5.39 Å². The molecule has 0 aliphatic carbocycles. The van der Waals surface area contributed by atoms with E-state index >= 15 is 0 Å². The van der Waals surface area contributed by atoms with Crippen molar-refractivity contribution >= 4 is 22.2 Å². The normalized spacial score (nSPS) is 11.8. The van der Waals surface area contributed by atoms with Gasteiger partial charge in [-0.05, 0) is 29.6 Å². The average Bonchev–Trinajstić information content (AvgIpc) is 3.02. The van der Waals surface area contributed by atoms with Gasteiger partial charge >= 0.3 is 11.9 Å². The van der Waals surface area contributed by atoms with Crippen molar-refractivity contribution in [2.24, 2.45) is 0 Å². The minimum Gasteiger partial charge on any atom is -0.497 e. The first-order chi connectivity index (χ1) is 10.9. The molecule has 0 aliphatic rings. The molecule has 0 aliphatic heterocycles. The lowest BCUT2D eigenvalue weighted by Crippen LogP contribution is -2.30. The zero-order valence-corrected chi connectivity index (χ0v) is 12.7. The van der Waals surface area contributed by atoms with Crippen molar-refractivity contribution in [2.75, 3.05) is 7.11 Å². The lowest BCUT2D eigenvalue weighted by molar-refractivity contribution is -0.140. The Morgan fingerprint density at radius 3 is 2.70 bits per heavy atom. The third-order valence-electron chi connectivity index (χ3n) is 3.28. The third-order valence-corrected chi connectivity index (χ3v) is 4.16. The Morgan fingerprint density at radius 2 is 2.09 bits per heavy atom. The molecule has 0 atom stereocenters.